The summed E-state index contributed by atoms with van der Waals surface area (Å²) in [5.74, 6) is 0.103. The molecule has 0 bridgehead atoms. The summed E-state index contributed by atoms with van der Waals surface area (Å²) >= 11 is 2.22. The first-order valence-electron chi connectivity index (χ1n) is 16.1. The summed E-state index contributed by atoms with van der Waals surface area (Å²) in [6, 6.07) is 10.4. The molecule has 2 amide bonds. The second-order valence-electron chi connectivity index (χ2n) is 13.6. The van der Waals surface area contributed by atoms with Crippen molar-refractivity contribution in [3.05, 3.63) is 68.7 Å². The fourth-order valence-corrected chi connectivity index (χ4v) is 7.82. The Bertz CT molecular complexity index is 1890. The van der Waals surface area contributed by atoms with Gasteiger partial charge in [-0.2, -0.15) is 15.1 Å². The van der Waals surface area contributed by atoms with Crippen LogP contribution >= 0.6 is 22.6 Å². The minimum Gasteiger partial charge on any atom is -0.508 e. The average molecular weight is 767 g/mol. The van der Waals surface area contributed by atoms with E-state index in [2.05, 4.69) is 52.0 Å². The van der Waals surface area contributed by atoms with E-state index in [1.54, 1.807) is 30.3 Å². The smallest absolute Gasteiger partial charge is 0.318 e. The monoisotopic (exact) mass is 766 g/mol. The van der Waals surface area contributed by atoms with Crippen molar-refractivity contribution < 1.29 is 24.5 Å². The zero-order valence-electron chi connectivity index (χ0n) is 27.2. The molecule has 1 saturated carbocycles. The number of ether oxygens (including phenoxy) is 1. The van der Waals surface area contributed by atoms with Gasteiger partial charge in [0.15, 0.2) is 0 Å². The van der Waals surface area contributed by atoms with Crippen molar-refractivity contribution in [3.8, 4) is 11.8 Å². The third kappa shape index (κ3) is 6.52. The minimum absolute atomic E-state index is 0.0222. The first-order valence-corrected chi connectivity index (χ1v) is 17.2. The number of carbonyl (C=O) groups is 2. The van der Waals surface area contributed by atoms with Crippen LogP contribution < -0.4 is 15.0 Å². The number of carbonyl (C=O) groups excluding carboxylic acids is 2. The van der Waals surface area contributed by atoms with Crippen LogP contribution in [-0.4, -0.2) is 104 Å². The maximum atomic E-state index is 14.2. The lowest BCUT2D eigenvalue weighted by atomic mass is 10.0. The lowest BCUT2D eigenvalue weighted by Crippen LogP contribution is -2.53. The summed E-state index contributed by atoms with van der Waals surface area (Å²) in [7, 11) is 5.82. The van der Waals surface area contributed by atoms with Crippen LogP contribution in [0.4, 0.5) is 5.82 Å². The zero-order chi connectivity index (χ0) is 33.7. The number of nitrogens with zero attached hydrogens (tertiary/aromatic N) is 7. The predicted molar refractivity (Wildman–Crippen MR) is 187 cm³/mol. The van der Waals surface area contributed by atoms with Crippen LogP contribution in [0.3, 0.4) is 0 Å². The van der Waals surface area contributed by atoms with E-state index in [1.165, 1.54) is 10.7 Å². The molecule has 48 heavy (non-hydrogen) atoms. The van der Waals surface area contributed by atoms with Gasteiger partial charge in [-0.15, -0.1) is 0 Å². The van der Waals surface area contributed by atoms with Crippen molar-refractivity contribution in [1.29, 1.82) is 0 Å². The number of fused-ring (bicyclic) bond motifs is 2. The minimum atomic E-state index is -0.722. The molecule has 14 heteroatoms. The van der Waals surface area contributed by atoms with Gasteiger partial charge < -0.3 is 35.0 Å². The number of benzene rings is 2. The largest absolute Gasteiger partial charge is 0.508 e. The van der Waals surface area contributed by atoms with Crippen LogP contribution in [0.2, 0.25) is 0 Å². The third-order valence-corrected chi connectivity index (χ3v) is 10.3. The van der Waals surface area contributed by atoms with Crippen LogP contribution in [0, 0.1) is 8.99 Å². The lowest BCUT2D eigenvalue weighted by Gasteiger charge is -2.37. The Labute approximate surface area is 292 Å². The first kappa shape index (κ1) is 32.5. The molecule has 3 N–H and O–H groups in total. The van der Waals surface area contributed by atoms with E-state index in [1.807, 2.05) is 23.1 Å². The second kappa shape index (κ2) is 12.8. The fourth-order valence-electron chi connectivity index (χ4n) is 7.01. The zero-order valence-corrected chi connectivity index (χ0v) is 29.3. The summed E-state index contributed by atoms with van der Waals surface area (Å²) in [5, 5.41) is 30.2. The van der Waals surface area contributed by atoms with Crippen molar-refractivity contribution in [2.45, 2.75) is 44.5 Å². The predicted octanol–water partition coefficient (Wildman–Crippen LogP) is 2.92. The van der Waals surface area contributed by atoms with Gasteiger partial charge in [0.25, 0.3) is 11.8 Å². The number of amides is 2. The van der Waals surface area contributed by atoms with E-state index >= 15 is 0 Å². The Morgan fingerprint density at radius 3 is 2.69 bits per heavy atom. The van der Waals surface area contributed by atoms with Crippen molar-refractivity contribution in [2.75, 3.05) is 45.2 Å². The molecule has 0 radical (unpaired) electrons. The molecule has 2 atom stereocenters. The fraction of sp³-hybridized carbons (Fsp3) is 0.441. The van der Waals surface area contributed by atoms with Crippen LogP contribution in [0.25, 0.3) is 10.8 Å². The van der Waals surface area contributed by atoms with Crippen LogP contribution in [-0.2, 0) is 20.1 Å². The van der Waals surface area contributed by atoms with Crippen molar-refractivity contribution in [3.63, 3.8) is 0 Å². The van der Waals surface area contributed by atoms with E-state index in [0.717, 1.165) is 39.3 Å². The number of aliphatic hydroxyl groups is 1. The number of aromatic nitrogens is 4. The summed E-state index contributed by atoms with van der Waals surface area (Å²) in [5.41, 5.74) is 2.35. The van der Waals surface area contributed by atoms with Gasteiger partial charge >= 0.3 is 6.01 Å². The van der Waals surface area contributed by atoms with Gasteiger partial charge in [0.1, 0.15) is 17.3 Å². The summed E-state index contributed by atoms with van der Waals surface area (Å²) in [6.45, 7) is 2.56. The van der Waals surface area contributed by atoms with Gasteiger partial charge in [0.2, 0.25) is 0 Å². The molecular formula is C34H39IN8O5. The molecule has 2 aliphatic heterocycles. The molecule has 0 spiro atoms. The molecule has 2 aromatic carbocycles. The Morgan fingerprint density at radius 2 is 1.96 bits per heavy atom. The first-order chi connectivity index (χ1) is 23.0. The molecule has 7 rings (SSSR count). The Balaban J connectivity index is 1.20. The molecule has 3 aliphatic rings. The van der Waals surface area contributed by atoms with Gasteiger partial charge in [-0.05, 0) is 85.6 Å². The van der Waals surface area contributed by atoms with Gasteiger partial charge in [-0.25, -0.2) is 0 Å². The number of phenolic OH excluding ortho intramolecular Hbond substituents is 1. The van der Waals surface area contributed by atoms with Crippen molar-refractivity contribution in [1.82, 2.24) is 34.9 Å². The molecule has 2 unspecified atom stereocenters. The number of nitrogens with one attached hydrogen (secondary N) is 1. The van der Waals surface area contributed by atoms with E-state index < -0.39 is 6.10 Å². The molecule has 2 aromatic heterocycles. The normalized spacial score (nSPS) is 19.9. The average Bonchev–Trinajstić information content (AvgIpc) is 3.42. The van der Waals surface area contributed by atoms with E-state index in [0.29, 0.717) is 48.9 Å². The van der Waals surface area contributed by atoms with E-state index in [4.69, 9.17) is 14.7 Å². The summed E-state index contributed by atoms with van der Waals surface area (Å²) in [6.07, 6.45) is 3.37. The van der Waals surface area contributed by atoms with Gasteiger partial charge in [-0.1, -0.05) is 12.1 Å². The number of piperidine rings is 1. The number of anilines is 1. The van der Waals surface area contributed by atoms with Gasteiger partial charge in [0.05, 0.1) is 37.1 Å². The molecule has 1 aliphatic carbocycles. The highest BCUT2D eigenvalue weighted by atomic mass is 127. The lowest BCUT2D eigenvalue weighted by molar-refractivity contribution is 0.0750. The molecule has 13 nitrogen and oxygen atoms in total. The number of β-amino-alcohol motifs (C(OH)–C–C–N with tert-alkyl or cyclic N) is 1. The molecule has 252 valence electrons. The van der Waals surface area contributed by atoms with Gasteiger partial charge in [-0.3, -0.25) is 14.3 Å². The molecule has 2 fully saturated rings. The topological polar surface area (TPSA) is 149 Å². The maximum Gasteiger partial charge on any atom is 0.318 e. The van der Waals surface area contributed by atoms with E-state index in [9.17, 15) is 19.8 Å². The number of aliphatic hydroxyl groups excluding tert-OH is 1. The standard InChI is InChI=1S/C34H39IN8O5/c1-40(2)18-34(8-9-34)19-48-33-38-27-17-43(32(47)24-13-22(44)11-20-5-4-6-26(35)29(20)24)16-25(27)30(39-33)42-14-21(12-23(45)15-42)37-31(46)28-7-10-36-41(28)3/h4-7,10-11,13,21,23,44-45H,8-9,12,14-19H2,1-3H3,(H,37,46). The molecular weight excluding hydrogens is 727 g/mol. The Hall–Kier alpha value is -4.02. The SMILES string of the molecule is CN(C)CC1(COc2nc3c(c(N4CC(O)CC(NC(=O)c5ccnn5C)C4)n2)CN(C(=O)c2cc(O)cc4cccc(I)c24)C3)CC1. The highest BCUT2D eigenvalue weighted by Crippen LogP contribution is 2.46. The molecule has 1 saturated heterocycles. The van der Waals surface area contributed by atoms with Crippen molar-refractivity contribution >= 4 is 51.0 Å². The number of phenols is 1. The number of aromatic hydroxyl groups is 1. The highest BCUT2D eigenvalue weighted by molar-refractivity contribution is 14.1. The summed E-state index contributed by atoms with van der Waals surface area (Å²) < 4.78 is 8.71. The quantitative estimate of drug-likeness (QED) is 0.217. The van der Waals surface area contributed by atoms with E-state index in [-0.39, 0.29) is 48.1 Å². The van der Waals surface area contributed by atoms with Crippen molar-refractivity contribution in [2.24, 2.45) is 12.5 Å². The number of hydrogen-bond acceptors (Lipinski definition) is 10. The van der Waals surface area contributed by atoms with Crippen LogP contribution in [0.15, 0.2) is 42.6 Å². The second-order valence-corrected chi connectivity index (χ2v) is 14.7. The Kier molecular flexibility index (Phi) is 8.66. The maximum absolute atomic E-state index is 14.2. The number of halogens is 1. The number of rotatable bonds is 9. The molecule has 4 aromatic rings. The van der Waals surface area contributed by atoms with Gasteiger partial charge in [0, 0.05) is 58.9 Å². The van der Waals surface area contributed by atoms with Crippen LogP contribution in [0.1, 0.15) is 51.4 Å². The molecule has 4 heterocycles. The third-order valence-electron chi connectivity index (χ3n) is 9.40. The Morgan fingerprint density at radius 1 is 1.15 bits per heavy atom. The summed E-state index contributed by atoms with van der Waals surface area (Å²) in [4.78, 5) is 42.8. The number of hydrogen-bond donors (Lipinski definition) is 3. The highest BCUT2D eigenvalue weighted by Gasteiger charge is 2.44. The number of aryl methyl sites for hydroxylation is 1. The van der Waals surface area contributed by atoms with Crippen LogP contribution in [0.5, 0.6) is 11.8 Å².